The second-order valence-corrected chi connectivity index (χ2v) is 5.84. The van der Waals surface area contributed by atoms with Crippen LogP contribution in [0.5, 0.6) is 5.88 Å². The van der Waals surface area contributed by atoms with Crippen LogP contribution in [-0.2, 0) is 0 Å². The highest BCUT2D eigenvalue weighted by molar-refractivity contribution is 5.96. The molecule has 4 aromatic rings. The van der Waals surface area contributed by atoms with Crippen LogP contribution in [0.25, 0.3) is 27.9 Å². The molecular weight excluding hydrogens is 363 g/mol. The Hall–Kier alpha value is -3.37. The SMILES string of the molecule is COc1nc(N[C@H](C)C(F)(F)F)nc2[nH]cc(-c3ccc4nccn4n3)c12. The molecule has 4 rings (SSSR count). The van der Waals surface area contributed by atoms with E-state index >= 15 is 0 Å². The Morgan fingerprint density at radius 1 is 1.26 bits per heavy atom. The van der Waals surface area contributed by atoms with Gasteiger partial charge in [0.2, 0.25) is 11.8 Å². The van der Waals surface area contributed by atoms with Gasteiger partial charge in [0.25, 0.3) is 0 Å². The number of ether oxygens (including phenoxy) is 1. The van der Waals surface area contributed by atoms with Gasteiger partial charge in [-0.2, -0.15) is 28.2 Å². The fourth-order valence-corrected chi connectivity index (χ4v) is 2.65. The maximum Gasteiger partial charge on any atom is 0.408 e. The summed E-state index contributed by atoms with van der Waals surface area (Å²) in [6.07, 6.45) is 0.577. The van der Waals surface area contributed by atoms with Gasteiger partial charge >= 0.3 is 6.18 Å². The molecule has 4 aromatic heterocycles. The first-order valence-electron chi connectivity index (χ1n) is 7.94. The molecule has 11 heteroatoms. The number of imidazole rings is 1. The van der Waals surface area contributed by atoms with Gasteiger partial charge in [-0.15, -0.1) is 0 Å². The Bertz CT molecular complexity index is 1120. The summed E-state index contributed by atoms with van der Waals surface area (Å²) < 4.78 is 45.3. The summed E-state index contributed by atoms with van der Waals surface area (Å²) in [6, 6.07) is 1.77. The summed E-state index contributed by atoms with van der Waals surface area (Å²) in [7, 11) is 1.39. The number of hydrogen-bond acceptors (Lipinski definition) is 6. The van der Waals surface area contributed by atoms with Crippen LogP contribution >= 0.6 is 0 Å². The van der Waals surface area contributed by atoms with Crippen molar-refractivity contribution < 1.29 is 17.9 Å². The summed E-state index contributed by atoms with van der Waals surface area (Å²) in [4.78, 5) is 15.3. The number of hydrogen-bond donors (Lipinski definition) is 2. The molecule has 0 saturated carbocycles. The molecule has 8 nitrogen and oxygen atoms in total. The predicted molar refractivity (Wildman–Crippen MR) is 91.6 cm³/mol. The quantitative estimate of drug-likeness (QED) is 0.568. The average molecular weight is 377 g/mol. The molecule has 0 aliphatic heterocycles. The molecule has 1 atom stereocenters. The number of methoxy groups -OCH3 is 1. The average Bonchev–Trinajstić information content (AvgIpc) is 3.26. The Morgan fingerprint density at radius 2 is 2.07 bits per heavy atom. The Balaban J connectivity index is 1.80. The first-order valence-corrected chi connectivity index (χ1v) is 7.94. The first-order chi connectivity index (χ1) is 12.9. The number of nitrogens with zero attached hydrogens (tertiary/aromatic N) is 5. The summed E-state index contributed by atoms with van der Waals surface area (Å²) in [5, 5.41) is 7.23. The molecule has 2 N–H and O–H groups in total. The first kappa shape index (κ1) is 17.1. The van der Waals surface area contributed by atoms with Crippen molar-refractivity contribution in [3.05, 3.63) is 30.7 Å². The number of anilines is 1. The van der Waals surface area contributed by atoms with Gasteiger partial charge in [-0.05, 0) is 19.1 Å². The zero-order valence-electron chi connectivity index (χ0n) is 14.2. The van der Waals surface area contributed by atoms with Gasteiger partial charge in [-0.3, -0.25) is 0 Å². The van der Waals surface area contributed by atoms with E-state index in [2.05, 4.69) is 30.4 Å². The third kappa shape index (κ3) is 3.00. The smallest absolute Gasteiger partial charge is 0.408 e. The molecule has 0 fully saturated rings. The van der Waals surface area contributed by atoms with E-state index in [0.29, 0.717) is 27.9 Å². The van der Waals surface area contributed by atoms with E-state index in [1.807, 2.05) is 0 Å². The molecule has 0 saturated heterocycles. The number of aromatic nitrogens is 6. The normalized spacial score (nSPS) is 13.2. The Labute approximate surface area is 150 Å². The maximum absolute atomic E-state index is 12.8. The van der Waals surface area contributed by atoms with Crippen LogP contribution in [0, 0.1) is 0 Å². The van der Waals surface area contributed by atoms with Crippen LogP contribution in [0.1, 0.15) is 6.92 Å². The van der Waals surface area contributed by atoms with Crippen molar-refractivity contribution in [1.82, 2.24) is 29.5 Å². The number of aromatic amines is 1. The van der Waals surface area contributed by atoms with Crippen LogP contribution in [0.15, 0.2) is 30.7 Å². The van der Waals surface area contributed by atoms with Crippen molar-refractivity contribution in [2.24, 2.45) is 0 Å². The van der Waals surface area contributed by atoms with Gasteiger partial charge in [-0.1, -0.05) is 0 Å². The van der Waals surface area contributed by atoms with Gasteiger partial charge in [-0.25, -0.2) is 9.50 Å². The lowest BCUT2D eigenvalue weighted by atomic mass is 10.1. The molecule has 27 heavy (non-hydrogen) atoms. The van der Waals surface area contributed by atoms with Crippen LogP contribution in [0.3, 0.4) is 0 Å². The van der Waals surface area contributed by atoms with Crippen molar-refractivity contribution in [2.75, 3.05) is 12.4 Å². The number of halogens is 3. The monoisotopic (exact) mass is 377 g/mol. The van der Waals surface area contributed by atoms with E-state index in [1.54, 1.807) is 35.2 Å². The second-order valence-electron chi connectivity index (χ2n) is 5.84. The number of H-pyrrole nitrogens is 1. The zero-order valence-corrected chi connectivity index (χ0v) is 14.2. The van der Waals surface area contributed by atoms with Crippen molar-refractivity contribution >= 4 is 22.6 Å². The molecular formula is C16H14F3N7O. The summed E-state index contributed by atoms with van der Waals surface area (Å²) in [5.74, 6) is -0.0451. The second kappa shape index (κ2) is 6.11. The fraction of sp³-hybridized carbons (Fsp3) is 0.250. The van der Waals surface area contributed by atoms with E-state index in [0.717, 1.165) is 6.92 Å². The predicted octanol–water partition coefficient (Wildman–Crippen LogP) is 3.04. The Kier molecular flexibility index (Phi) is 3.86. The van der Waals surface area contributed by atoms with Gasteiger partial charge in [0.15, 0.2) is 5.65 Å². The van der Waals surface area contributed by atoms with Gasteiger partial charge in [0, 0.05) is 24.2 Å². The minimum atomic E-state index is -4.42. The molecule has 0 bridgehead atoms. The molecule has 4 heterocycles. The minimum absolute atomic E-state index is 0.139. The molecule has 0 unspecified atom stereocenters. The molecule has 0 aromatic carbocycles. The van der Waals surface area contributed by atoms with Gasteiger partial charge < -0.3 is 15.0 Å². The summed E-state index contributed by atoms with van der Waals surface area (Å²) in [6.45, 7) is 0.991. The molecule has 0 aliphatic carbocycles. The zero-order chi connectivity index (χ0) is 19.2. The molecule has 0 amide bonds. The van der Waals surface area contributed by atoms with Crippen LogP contribution in [-0.4, -0.2) is 48.9 Å². The molecule has 0 aliphatic rings. The van der Waals surface area contributed by atoms with Crippen molar-refractivity contribution in [3.8, 4) is 17.1 Å². The Morgan fingerprint density at radius 3 is 2.81 bits per heavy atom. The fourth-order valence-electron chi connectivity index (χ4n) is 2.65. The lowest BCUT2D eigenvalue weighted by Gasteiger charge is -2.17. The number of nitrogens with one attached hydrogen (secondary N) is 2. The topological polar surface area (TPSA) is 93.0 Å². The molecule has 0 radical (unpaired) electrons. The van der Waals surface area contributed by atoms with Gasteiger partial charge in [0.1, 0.15) is 11.7 Å². The standard InChI is InChI=1S/C16H14F3N7O/c1-8(16(17,18)19)22-15-23-13-12(14(24-15)27-2)9(7-21-13)10-3-4-11-20-5-6-26(11)25-10/h3-8H,1-2H3,(H2,21,22,23,24)/t8-/m1/s1. The lowest BCUT2D eigenvalue weighted by molar-refractivity contribution is -0.138. The van der Waals surface area contributed by atoms with E-state index in [9.17, 15) is 13.2 Å². The highest BCUT2D eigenvalue weighted by Gasteiger charge is 2.36. The summed E-state index contributed by atoms with van der Waals surface area (Å²) in [5.41, 5.74) is 2.29. The van der Waals surface area contributed by atoms with Crippen molar-refractivity contribution in [3.63, 3.8) is 0 Å². The van der Waals surface area contributed by atoms with E-state index in [-0.39, 0.29) is 11.8 Å². The van der Waals surface area contributed by atoms with Crippen LogP contribution in [0.4, 0.5) is 19.1 Å². The van der Waals surface area contributed by atoms with Crippen LogP contribution < -0.4 is 10.1 Å². The number of alkyl halides is 3. The van der Waals surface area contributed by atoms with E-state index < -0.39 is 12.2 Å². The highest BCUT2D eigenvalue weighted by atomic mass is 19.4. The van der Waals surface area contributed by atoms with Gasteiger partial charge in [0.05, 0.1) is 18.2 Å². The third-order valence-corrected chi connectivity index (χ3v) is 4.06. The molecule has 0 spiro atoms. The number of rotatable bonds is 4. The van der Waals surface area contributed by atoms with E-state index in [1.165, 1.54) is 7.11 Å². The minimum Gasteiger partial charge on any atom is -0.480 e. The summed E-state index contributed by atoms with van der Waals surface area (Å²) >= 11 is 0. The van der Waals surface area contributed by atoms with Crippen molar-refractivity contribution in [1.29, 1.82) is 0 Å². The highest BCUT2D eigenvalue weighted by Crippen LogP contribution is 2.34. The molecule has 140 valence electrons. The van der Waals surface area contributed by atoms with Crippen molar-refractivity contribution in [2.45, 2.75) is 19.1 Å². The van der Waals surface area contributed by atoms with Crippen LogP contribution in [0.2, 0.25) is 0 Å². The lowest BCUT2D eigenvalue weighted by Crippen LogP contribution is -2.33. The third-order valence-electron chi connectivity index (χ3n) is 4.06. The van der Waals surface area contributed by atoms with E-state index in [4.69, 9.17) is 4.74 Å². The maximum atomic E-state index is 12.8. The number of fused-ring (bicyclic) bond motifs is 2. The largest absolute Gasteiger partial charge is 0.480 e.